The van der Waals surface area contributed by atoms with Crippen molar-refractivity contribution >= 4 is 17.2 Å². The summed E-state index contributed by atoms with van der Waals surface area (Å²) in [4.78, 5) is 18.1. The summed E-state index contributed by atoms with van der Waals surface area (Å²) in [6.45, 7) is 4.49. The zero-order valence-corrected chi connectivity index (χ0v) is 10.5. The molecule has 0 radical (unpaired) electrons. The zero-order chi connectivity index (χ0) is 11.5. The van der Waals surface area contributed by atoms with Crippen molar-refractivity contribution in [1.82, 2.24) is 15.2 Å². The zero-order valence-electron chi connectivity index (χ0n) is 9.64. The van der Waals surface area contributed by atoms with Gasteiger partial charge < -0.3 is 10.2 Å². The molecule has 1 aliphatic heterocycles. The maximum absolute atomic E-state index is 12.1. The molecule has 1 aromatic heterocycles. The van der Waals surface area contributed by atoms with Gasteiger partial charge in [0.25, 0.3) is 0 Å². The Hall–Kier alpha value is -0.940. The summed E-state index contributed by atoms with van der Waals surface area (Å²) in [5.74, 6) is 0.791. The summed E-state index contributed by atoms with van der Waals surface area (Å²) < 4.78 is 0. The third-order valence-electron chi connectivity index (χ3n) is 3.09. The summed E-state index contributed by atoms with van der Waals surface area (Å²) in [7, 11) is 1.85. The van der Waals surface area contributed by atoms with Crippen LogP contribution in [0.5, 0.6) is 0 Å². The number of rotatable bonds is 3. The Labute approximate surface area is 99.7 Å². The molecule has 1 aliphatic rings. The van der Waals surface area contributed by atoms with Gasteiger partial charge in [0.05, 0.1) is 23.7 Å². The molecule has 16 heavy (non-hydrogen) atoms. The van der Waals surface area contributed by atoms with Crippen molar-refractivity contribution in [3.8, 4) is 0 Å². The molecule has 5 heteroatoms. The standard InChI is InChI=1S/C11H17N3OS/c1-8-3-12-4-10(8)11(15)14(2)5-9-6-16-7-13-9/h6-8,10,12H,3-5H2,1-2H3. The quantitative estimate of drug-likeness (QED) is 0.854. The third kappa shape index (κ3) is 2.41. The van der Waals surface area contributed by atoms with Crippen molar-refractivity contribution in [3.05, 3.63) is 16.6 Å². The molecule has 2 atom stereocenters. The number of nitrogens with one attached hydrogen (secondary N) is 1. The molecule has 2 unspecified atom stereocenters. The topological polar surface area (TPSA) is 45.2 Å². The predicted molar refractivity (Wildman–Crippen MR) is 64.1 cm³/mol. The number of hydrogen-bond donors (Lipinski definition) is 1. The second kappa shape index (κ2) is 4.93. The van der Waals surface area contributed by atoms with Crippen LogP contribution in [0.15, 0.2) is 10.9 Å². The molecule has 2 rings (SSSR count). The van der Waals surface area contributed by atoms with Gasteiger partial charge in [-0.3, -0.25) is 4.79 Å². The molecule has 2 heterocycles. The lowest BCUT2D eigenvalue weighted by atomic mass is 9.97. The molecule has 1 N–H and O–H groups in total. The van der Waals surface area contributed by atoms with Crippen molar-refractivity contribution in [2.24, 2.45) is 11.8 Å². The second-order valence-electron chi connectivity index (χ2n) is 4.42. The number of amides is 1. The van der Waals surface area contributed by atoms with E-state index in [0.29, 0.717) is 12.5 Å². The van der Waals surface area contributed by atoms with Gasteiger partial charge in [-0.05, 0) is 12.5 Å². The molecule has 4 nitrogen and oxygen atoms in total. The van der Waals surface area contributed by atoms with Crippen molar-refractivity contribution < 1.29 is 4.79 Å². The highest BCUT2D eigenvalue weighted by Crippen LogP contribution is 2.19. The average molecular weight is 239 g/mol. The lowest BCUT2D eigenvalue weighted by molar-refractivity contribution is -0.135. The number of aromatic nitrogens is 1. The monoisotopic (exact) mass is 239 g/mol. The van der Waals surface area contributed by atoms with E-state index in [2.05, 4.69) is 17.2 Å². The third-order valence-corrected chi connectivity index (χ3v) is 3.73. The first-order valence-electron chi connectivity index (χ1n) is 5.51. The number of thiazole rings is 1. The predicted octanol–water partition coefficient (Wildman–Crippen LogP) is 0.957. The van der Waals surface area contributed by atoms with Crippen LogP contribution in [0.1, 0.15) is 12.6 Å². The van der Waals surface area contributed by atoms with E-state index in [4.69, 9.17) is 0 Å². The van der Waals surface area contributed by atoms with Gasteiger partial charge in [0, 0.05) is 19.0 Å². The highest BCUT2D eigenvalue weighted by atomic mass is 32.1. The lowest BCUT2D eigenvalue weighted by Gasteiger charge is -2.22. The van der Waals surface area contributed by atoms with Crippen LogP contribution in [0.2, 0.25) is 0 Å². The van der Waals surface area contributed by atoms with Gasteiger partial charge in [-0.15, -0.1) is 11.3 Å². The number of nitrogens with zero attached hydrogens (tertiary/aromatic N) is 2. The van der Waals surface area contributed by atoms with Crippen LogP contribution in [-0.2, 0) is 11.3 Å². The highest BCUT2D eigenvalue weighted by Gasteiger charge is 2.31. The van der Waals surface area contributed by atoms with Gasteiger partial charge in [-0.1, -0.05) is 6.92 Å². The smallest absolute Gasteiger partial charge is 0.227 e. The fourth-order valence-electron chi connectivity index (χ4n) is 2.06. The fourth-order valence-corrected chi connectivity index (χ4v) is 2.61. The minimum atomic E-state index is 0.128. The van der Waals surface area contributed by atoms with Gasteiger partial charge in [0.2, 0.25) is 5.91 Å². The number of carbonyl (C=O) groups excluding carboxylic acids is 1. The van der Waals surface area contributed by atoms with Crippen LogP contribution in [0, 0.1) is 11.8 Å². The fraction of sp³-hybridized carbons (Fsp3) is 0.636. The normalized spacial score (nSPS) is 24.6. The second-order valence-corrected chi connectivity index (χ2v) is 5.13. The lowest BCUT2D eigenvalue weighted by Crippen LogP contribution is -2.35. The average Bonchev–Trinajstić information content (AvgIpc) is 2.88. The molecule has 88 valence electrons. The molecule has 1 fully saturated rings. The van der Waals surface area contributed by atoms with Gasteiger partial charge >= 0.3 is 0 Å². The Balaban J connectivity index is 1.94. The molecule has 0 aromatic carbocycles. The first kappa shape index (κ1) is 11.5. The number of hydrogen-bond acceptors (Lipinski definition) is 4. The summed E-state index contributed by atoms with van der Waals surface area (Å²) in [6.07, 6.45) is 0. The van der Waals surface area contributed by atoms with E-state index < -0.39 is 0 Å². The largest absolute Gasteiger partial charge is 0.340 e. The maximum Gasteiger partial charge on any atom is 0.227 e. The summed E-state index contributed by atoms with van der Waals surface area (Å²) in [5.41, 5.74) is 2.77. The minimum absolute atomic E-state index is 0.128. The van der Waals surface area contributed by atoms with E-state index in [0.717, 1.165) is 18.8 Å². The Kier molecular flexibility index (Phi) is 3.56. The summed E-state index contributed by atoms with van der Waals surface area (Å²) in [5, 5.41) is 5.24. The SMILES string of the molecule is CC1CNCC1C(=O)N(C)Cc1cscn1. The molecule has 0 saturated carbocycles. The first-order chi connectivity index (χ1) is 7.68. The van der Waals surface area contributed by atoms with Crippen LogP contribution in [0.3, 0.4) is 0 Å². The van der Waals surface area contributed by atoms with Gasteiger partial charge in [0.15, 0.2) is 0 Å². The van der Waals surface area contributed by atoms with E-state index >= 15 is 0 Å². The molecule has 0 bridgehead atoms. The van der Waals surface area contributed by atoms with Crippen LogP contribution in [0.4, 0.5) is 0 Å². The molecular formula is C11H17N3OS. The van der Waals surface area contributed by atoms with Gasteiger partial charge in [-0.2, -0.15) is 0 Å². The molecule has 1 aromatic rings. The Morgan fingerprint density at radius 2 is 2.50 bits per heavy atom. The van der Waals surface area contributed by atoms with Gasteiger partial charge in [-0.25, -0.2) is 4.98 Å². The van der Waals surface area contributed by atoms with Gasteiger partial charge in [0.1, 0.15) is 0 Å². The Morgan fingerprint density at radius 3 is 3.06 bits per heavy atom. The van der Waals surface area contributed by atoms with Crippen molar-refractivity contribution in [2.75, 3.05) is 20.1 Å². The molecular weight excluding hydrogens is 222 g/mol. The van der Waals surface area contributed by atoms with E-state index in [1.807, 2.05) is 12.4 Å². The Morgan fingerprint density at radius 1 is 1.69 bits per heavy atom. The van der Waals surface area contributed by atoms with E-state index in [1.54, 1.807) is 21.7 Å². The van der Waals surface area contributed by atoms with E-state index in [9.17, 15) is 4.79 Å². The van der Waals surface area contributed by atoms with Crippen LogP contribution >= 0.6 is 11.3 Å². The molecule has 1 saturated heterocycles. The Bertz CT molecular complexity index is 352. The van der Waals surface area contributed by atoms with Crippen LogP contribution < -0.4 is 5.32 Å². The van der Waals surface area contributed by atoms with Crippen molar-refractivity contribution in [2.45, 2.75) is 13.5 Å². The first-order valence-corrected chi connectivity index (χ1v) is 6.45. The number of carbonyl (C=O) groups is 1. The van der Waals surface area contributed by atoms with Crippen LogP contribution in [0.25, 0.3) is 0 Å². The minimum Gasteiger partial charge on any atom is -0.340 e. The van der Waals surface area contributed by atoms with Crippen LogP contribution in [-0.4, -0.2) is 35.9 Å². The summed E-state index contributed by atoms with van der Waals surface area (Å²) in [6, 6.07) is 0. The van der Waals surface area contributed by atoms with E-state index in [1.165, 1.54) is 0 Å². The van der Waals surface area contributed by atoms with E-state index in [-0.39, 0.29) is 11.8 Å². The van der Waals surface area contributed by atoms with Crippen molar-refractivity contribution in [3.63, 3.8) is 0 Å². The summed E-state index contributed by atoms with van der Waals surface area (Å²) >= 11 is 1.56. The highest BCUT2D eigenvalue weighted by molar-refractivity contribution is 7.07. The maximum atomic E-state index is 12.1. The van der Waals surface area contributed by atoms with Crippen molar-refractivity contribution in [1.29, 1.82) is 0 Å². The molecule has 0 spiro atoms. The molecule has 0 aliphatic carbocycles. The molecule has 1 amide bonds.